The van der Waals surface area contributed by atoms with Crippen molar-refractivity contribution in [3.05, 3.63) is 64.7 Å². The number of guanidine groups is 1. The minimum atomic E-state index is 0. The molecule has 1 aliphatic heterocycles. The molecule has 1 heterocycles. The fraction of sp³-hybridized carbons (Fsp3) is 0.458. The number of halogens is 1. The van der Waals surface area contributed by atoms with E-state index in [2.05, 4.69) is 65.8 Å². The van der Waals surface area contributed by atoms with Crippen LogP contribution in [0.4, 0.5) is 0 Å². The van der Waals surface area contributed by atoms with Crippen molar-refractivity contribution in [3.63, 3.8) is 0 Å². The molecule has 0 unspecified atom stereocenters. The lowest BCUT2D eigenvalue weighted by atomic mass is 10.1. The van der Waals surface area contributed by atoms with Gasteiger partial charge in [0.15, 0.2) is 5.96 Å². The quantitative estimate of drug-likeness (QED) is 0.305. The molecule has 1 saturated heterocycles. The first-order valence-electron chi connectivity index (χ1n) is 10.7. The lowest BCUT2D eigenvalue weighted by Gasteiger charge is -2.27. The van der Waals surface area contributed by atoms with E-state index in [0.717, 1.165) is 63.2 Å². The Kier molecular flexibility index (Phi) is 11.1. The van der Waals surface area contributed by atoms with Crippen LogP contribution in [0.15, 0.2) is 47.5 Å². The minimum Gasteiger partial charge on any atom is -0.496 e. The van der Waals surface area contributed by atoms with Crippen molar-refractivity contribution in [2.24, 2.45) is 4.99 Å². The van der Waals surface area contributed by atoms with E-state index >= 15 is 0 Å². The van der Waals surface area contributed by atoms with E-state index in [4.69, 9.17) is 14.5 Å². The fourth-order valence-corrected chi connectivity index (χ4v) is 3.55. The van der Waals surface area contributed by atoms with Gasteiger partial charge in [-0.25, -0.2) is 4.99 Å². The summed E-state index contributed by atoms with van der Waals surface area (Å²) in [7, 11) is 1.71. The SMILES string of the molecule is CCNC(=NCc1ccc(C)cc1OC)NCc1ccccc1CN1CCOCC1.I. The zero-order chi connectivity index (χ0) is 21.2. The second-order valence-electron chi connectivity index (χ2n) is 7.52. The zero-order valence-electron chi connectivity index (χ0n) is 18.8. The topological polar surface area (TPSA) is 58.1 Å². The Morgan fingerprint density at radius 3 is 2.52 bits per heavy atom. The number of methoxy groups -OCH3 is 1. The maximum atomic E-state index is 5.51. The Hall–Kier alpha value is -1.84. The van der Waals surface area contributed by atoms with E-state index in [0.29, 0.717) is 6.54 Å². The van der Waals surface area contributed by atoms with Crippen molar-refractivity contribution in [3.8, 4) is 5.75 Å². The summed E-state index contributed by atoms with van der Waals surface area (Å²) in [6, 6.07) is 14.8. The Labute approximate surface area is 203 Å². The molecule has 0 saturated carbocycles. The normalized spacial score (nSPS) is 14.6. The maximum absolute atomic E-state index is 5.51. The van der Waals surface area contributed by atoms with Gasteiger partial charge < -0.3 is 20.1 Å². The molecule has 0 radical (unpaired) electrons. The van der Waals surface area contributed by atoms with Crippen molar-refractivity contribution in [2.45, 2.75) is 33.5 Å². The number of aryl methyl sites for hydroxylation is 1. The summed E-state index contributed by atoms with van der Waals surface area (Å²) in [5.74, 6) is 1.69. The van der Waals surface area contributed by atoms with Gasteiger partial charge in [-0.05, 0) is 36.6 Å². The van der Waals surface area contributed by atoms with Gasteiger partial charge in [0.2, 0.25) is 0 Å². The van der Waals surface area contributed by atoms with Gasteiger partial charge in [-0.3, -0.25) is 4.90 Å². The van der Waals surface area contributed by atoms with E-state index in [9.17, 15) is 0 Å². The summed E-state index contributed by atoms with van der Waals surface area (Å²) >= 11 is 0. The molecule has 0 bridgehead atoms. The van der Waals surface area contributed by atoms with Gasteiger partial charge in [0.1, 0.15) is 5.75 Å². The Morgan fingerprint density at radius 2 is 1.81 bits per heavy atom. The van der Waals surface area contributed by atoms with Gasteiger partial charge in [0.05, 0.1) is 26.9 Å². The van der Waals surface area contributed by atoms with Crippen LogP contribution in [0.25, 0.3) is 0 Å². The van der Waals surface area contributed by atoms with Gasteiger partial charge in [-0.1, -0.05) is 36.4 Å². The third kappa shape index (κ3) is 7.97. The number of rotatable bonds is 8. The second kappa shape index (κ2) is 13.5. The van der Waals surface area contributed by atoms with Crippen LogP contribution in [-0.2, 0) is 24.4 Å². The predicted octanol–water partition coefficient (Wildman–Crippen LogP) is 3.71. The Morgan fingerprint density at radius 1 is 1.06 bits per heavy atom. The van der Waals surface area contributed by atoms with Crippen molar-refractivity contribution in [1.29, 1.82) is 0 Å². The van der Waals surface area contributed by atoms with Crippen LogP contribution in [0, 0.1) is 6.92 Å². The first kappa shape index (κ1) is 25.4. The second-order valence-corrected chi connectivity index (χ2v) is 7.52. The lowest BCUT2D eigenvalue weighted by Crippen LogP contribution is -2.38. The minimum absolute atomic E-state index is 0. The van der Waals surface area contributed by atoms with Crippen LogP contribution in [0.3, 0.4) is 0 Å². The highest BCUT2D eigenvalue weighted by atomic mass is 127. The van der Waals surface area contributed by atoms with Gasteiger partial charge in [0, 0.05) is 38.3 Å². The molecular formula is C24H35IN4O2. The van der Waals surface area contributed by atoms with Gasteiger partial charge >= 0.3 is 0 Å². The molecule has 0 aliphatic carbocycles. The van der Waals surface area contributed by atoms with E-state index in [1.54, 1.807) is 7.11 Å². The van der Waals surface area contributed by atoms with E-state index in [1.165, 1.54) is 16.7 Å². The molecule has 3 rings (SSSR count). The molecule has 0 spiro atoms. The first-order chi connectivity index (χ1) is 14.7. The molecule has 31 heavy (non-hydrogen) atoms. The summed E-state index contributed by atoms with van der Waals surface area (Å²) in [6.45, 7) is 10.8. The van der Waals surface area contributed by atoms with Gasteiger partial charge in [-0.2, -0.15) is 0 Å². The number of benzene rings is 2. The standard InChI is InChI=1S/C24H34N4O2.HI/c1-4-25-24(27-17-21-10-9-19(2)15-23(21)29-3)26-16-20-7-5-6-8-22(20)18-28-11-13-30-14-12-28;/h5-10,15H,4,11-14,16-18H2,1-3H3,(H2,25,26,27);1H. The molecule has 2 aromatic carbocycles. The summed E-state index contributed by atoms with van der Waals surface area (Å²) in [5, 5.41) is 6.83. The Balaban J connectivity index is 0.00000341. The van der Waals surface area contributed by atoms with E-state index in [-0.39, 0.29) is 24.0 Å². The van der Waals surface area contributed by atoms with Crippen LogP contribution >= 0.6 is 24.0 Å². The summed E-state index contributed by atoms with van der Waals surface area (Å²) in [5.41, 5.74) is 4.90. The smallest absolute Gasteiger partial charge is 0.191 e. The maximum Gasteiger partial charge on any atom is 0.191 e. The average molecular weight is 538 g/mol. The molecule has 0 atom stereocenters. The number of ether oxygens (including phenoxy) is 2. The van der Waals surface area contributed by atoms with Crippen LogP contribution in [0.5, 0.6) is 5.75 Å². The van der Waals surface area contributed by atoms with Crippen molar-refractivity contribution in [1.82, 2.24) is 15.5 Å². The number of morpholine rings is 1. The van der Waals surface area contributed by atoms with Crippen LogP contribution < -0.4 is 15.4 Å². The third-order valence-electron chi connectivity index (χ3n) is 5.26. The number of hydrogen-bond donors (Lipinski definition) is 2. The molecule has 7 heteroatoms. The number of nitrogens with zero attached hydrogens (tertiary/aromatic N) is 2. The van der Waals surface area contributed by atoms with Crippen LogP contribution in [0.2, 0.25) is 0 Å². The molecule has 1 fully saturated rings. The molecule has 1 aliphatic rings. The third-order valence-corrected chi connectivity index (χ3v) is 5.26. The van der Waals surface area contributed by atoms with Crippen molar-refractivity contribution in [2.75, 3.05) is 40.0 Å². The lowest BCUT2D eigenvalue weighted by molar-refractivity contribution is 0.0341. The number of aliphatic imine (C=N–C) groups is 1. The van der Waals surface area contributed by atoms with Gasteiger partial charge in [0.25, 0.3) is 0 Å². The Bertz CT molecular complexity index is 838. The predicted molar refractivity (Wildman–Crippen MR) is 137 cm³/mol. The van der Waals surface area contributed by atoms with Crippen LogP contribution in [-0.4, -0.2) is 50.8 Å². The molecule has 6 nitrogen and oxygen atoms in total. The molecule has 170 valence electrons. The summed E-state index contributed by atoms with van der Waals surface area (Å²) < 4.78 is 11.0. The molecule has 0 amide bonds. The summed E-state index contributed by atoms with van der Waals surface area (Å²) in [4.78, 5) is 7.22. The molecule has 2 aromatic rings. The van der Waals surface area contributed by atoms with Gasteiger partial charge in [-0.15, -0.1) is 24.0 Å². The fourth-order valence-electron chi connectivity index (χ4n) is 3.55. The van der Waals surface area contributed by atoms with Crippen molar-refractivity contribution >= 4 is 29.9 Å². The highest BCUT2D eigenvalue weighted by Crippen LogP contribution is 2.20. The zero-order valence-corrected chi connectivity index (χ0v) is 21.1. The highest BCUT2D eigenvalue weighted by molar-refractivity contribution is 14.0. The van der Waals surface area contributed by atoms with E-state index in [1.807, 2.05) is 6.07 Å². The molecule has 0 aromatic heterocycles. The summed E-state index contributed by atoms with van der Waals surface area (Å²) in [6.07, 6.45) is 0. The molecular weight excluding hydrogens is 503 g/mol. The first-order valence-corrected chi connectivity index (χ1v) is 10.7. The molecule has 2 N–H and O–H groups in total. The number of nitrogens with one attached hydrogen (secondary N) is 2. The monoisotopic (exact) mass is 538 g/mol. The van der Waals surface area contributed by atoms with E-state index < -0.39 is 0 Å². The highest BCUT2D eigenvalue weighted by Gasteiger charge is 2.13. The average Bonchev–Trinajstić information content (AvgIpc) is 2.78. The van der Waals surface area contributed by atoms with Crippen molar-refractivity contribution < 1.29 is 9.47 Å². The largest absolute Gasteiger partial charge is 0.496 e. The number of hydrogen-bond acceptors (Lipinski definition) is 4. The van der Waals surface area contributed by atoms with Crippen LogP contribution in [0.1, 0.15) is 29.2 Å².